The molecule has 0 saturated carbocycles. The smallest absolute Gasteiger partial charge is 0.261 e. The monoisotopic (exact) mass is 453 g/mol. The Balaban J connectivity index is 1.69. The van der Waals surface area contributed by atoms with Crippen LogP contribution in [0, 0.1) is 0 Å². The number of nitrogens with one attached hydrogen (secondary N) is 2. The normalized spacial score (nSPS) is 10.8. The highest BCUT2D eigenvalue weighted by atomic mass is 35.5. The Bertz CT molecular complexity index is 1350. The lowest BCUT2D eigenvalue weighted by molar-refractivity contribution is 0.102. The van der Waals surface area contributed by atoms with Gasteiger partial charge in [0.15, 0.2) is 17.1 Å². The summed E-state index contributed by atoms with van der Waals surface area (Å²) in [5.41, 5.74) is 1.40. The third kappa shape index (κ3) is 4.02. The first-order valence-corrected chi connectivity index (χ1v) is 10.2. The Morgan fingerprint density at radius 3 is 2.88 bits per heavy atom. The molecule has 32 heavy (non-hydrogen) atoms. The molecule has 0 spiro atoms. The number of amides is 1. The van der Waals surface area contributed by atoms with Crippen LogP contribution in [0.1, 0.15) is 23.7 Å². The SMILES string of the molecule is CCCOc1c(Cl)cc(C(=O)Nc2ccccc2-n2ncc3c(=O)[nH]cnc32)cc1OC. The van der Waals surface area contributed by atoms with E-state index >= 15 is 0 Å². The summed E-state index contributed by atoms with van der Waals surface area (Å²) in [7, 11) is 1.49. The molecule has 0 radical (unpaired) electrons. The van der Waals surface area contributed by atoms with Crippen LogP contribution in [-0.4, -0.2) is 39.4 Å². The molecule has 2 N–H and O–H groups in total. The number of hydrogen-bond donors (Lipinski definition) is 2. The first kappa shape index (κ1) is 21.4. The number of ether oxygens (including phenoxy) is 2. The number of carbonyl (C=O) groups excluding carboxylic acids is 1. The van der Waals surface area contributed by atoms with Crippen molar-refractivity contribution in [2.24, 2.45) is 0 Å². The van der Waals surface area contributed by atoms with Crippen molar-refractivity contribution >= 4 is 34.2 Å². The Hall–Kier alpha value is -3.85. The average Bonchev–Trinajstić information content (AvgIpc) is 3.23. The Morgan fingerprint density at radius 1 is 1.28 bits per heavy atom. The van der Waals surface area contributed by atoms with Gasteiger partial charge >= 0.3 is 0 Å². The number of H-pyrrole nitrogens is 1. The van der Waals surface area contributed by atoms with Crippen LogP contribution in [0.4, 0.5) is 5.69 Å². The van der Waals surface area contributed by atoms with E-state index in [4.69, 9.17) is 21.1 Å². The van der Waals surface area contributed by atoms with E-state index in [-0.39, 0.29) is 10.6 Å². The van der Waals surface area contributed by atoms with Crippen molar-refractivity contribution in [2.75, 3.05) is 19.0 Å². The van der Waals surface area contributed by atoms with Crippen LogP contribution in [-0.2, 0) is 0 Å². The Labute approximate surface area is 188 Å². The maximum atomic E-state index is 13.0. The van der Waals surface area contributed by atoms with Gasteiger partial charge in [-0.05, 0) is 30.7 Å². The molecule has 0 saturated heterocycles. The number of aromatic amines is 1. The number of carbonyl (C=O) groups is 1. The minimum atomic E-state index is -0.401. The lowest BCUT2D eigenvalue weighted by atomic mass is 10.1. The van der Waals surface area contributed by atoms with Crippen LogP contribution in [0.3, 0.4) is 0 Å². The average molecular weight is 454 g/mol. The maximum absolute atomic E-state index is 13.0. The van der Waals surface area contributed by atoms with Crippen molar-refractivity contribution in [3.8, 4) is 17.2 Å². The molecule has 4 aromatic rings. The number of rotatable bonds is 7. The molecular weight excluding hydrogens is 434 g/mol. The quantitative estimate of drug-likeness (QED) is 0.440. The van der Waals surface area contributed by atoms with Gasteiger partial charge in [0.05, 0.1) is 42.6 Å². The molecule has 0 atom stereocenters. The zero-order valence-corrected chi connectivity index (χ0v) is 18.1. The summed E-state index contributed by atoms with van der Waals surface area (Å²) in [5.74, 6) is 0.361. The third-order valence-electron chi connectivity index (χ3n) is 4.69. The summed E-state index contributed by atoms with van der Waals surface area (Å²) in [6.45, 7) is 2.46. The molecule has 0 aliphatic heterocycles. The molecule has 10 heteroatoms. The summed E-state index contributed by atoms with van der Waals surface area (Å²) in [6.07, 6.45) is 3.54. The van der Waals surface area contributed by atoms with Crippen LogP contribution in [0.2, 0.25) is 5.02 Å². The summed E-state index contributed by atoms with van der Waals surface area (Å²) in [4.78, 5) is 31.8. The number of hydrogen-bond acceptors (Lipinski definition) is 6. The van der Waals surface area contributed by atoms with Crippen molar-refractivity contribution in [2.45, 2.75) is 13.3 Å². The molecule has 0 unspecified atom stereocenters. The van der Waals surface area contributed by atoms with Crippen LogP contribution in [0.5, 0.6) is 11.5 Å². The number of halogens is 1. The first-order chi connectivity index (χ1) is 15.5. The molecule has 2 aromatic carbocycles. The number of methoxy groups -OCH3 is 1. The highest BCUT2D eigenvalue weighted by molar-refractivity contribution is 6.32. The Morgan fingerprint density at radius 2 is 2.09 bits per heavy atom. The number of nitrogens with zero attached hydrogens (tertiary/aromatic N) is 3. The molecule has 0 bridgehead atoms. The van der Waals surface area contributed by atoms with Crippen LogP contribution >= 0.6 is 11.6 Å². The number of fused-ring (bicyclic) bond motifs is 1. The first-order valence-electron chi connectivity index (χ1n) is 9.86. The fourth-order valence-electron chi connectivity index (χ4n) is 3.19. The second-order valence-electron chi connectivity index (χ2n) is 6.83. The van der Waals surface area contributed by atoms with Gasteiger partial charge in [0, 0.05) is 5.56 Å². The van der Waals surface area contributed by atoms with Gasteiger partial charge in [-0.25, -0.2) is 9.67 Å². The van der Waals surface area contributed by atoms with E-state index in [9.17, 15) is 9.59 Å². The standard InChI is InChI=1S/C22H20ClN5O4/c1-3-8-32-19-15(23)9-13(10-18(19)31-2)21(29)27-16-6-4-5-7-17(16)28-20-14(11-26-28)22(30)25-12-24-20/h4-7,9-12H,3,8H2,1-2H3,(H,27,29)(H,24,25,30). The van der Waals surface area contributed by atoms with Crippen molar-refractivity contribution in [3.05, 3.63) is 69.9 Å². The van der Waals surface area contributed by atoms with E-state index in [1.54, 1.807) is 30.3 Å². The number of benzene rings is 2. The van der Waals surface area contributed by atoms with Crippen LogP contribution in [0.25, 0.3) is 16.7 Å². The van der Waals surface area contributed by atoms with Gasteiger partial charge in [-0.3, -0.25) is 9.59 Å². The molecular formula is C22H20ClN5O4. The summed E-state index contributed by atoms with van der Waals surface area (Å²) < 4.78 is 12.5. The third-order valence-corrected chi connectivity index (χ3v) is 4.97. The molecule has 1 amide bonds. The predicted molar refractivity (Wildman–Crippen MR) is 121 cm³/mol. The van der Waals surface area contributed by atoms with Gasteiger partial charge in [-0.2, -0.15) is 5.10 Å². The second kappa shape index (κ2) is 9.11. The number of para-hydroxylation sites is 2. The van der Waals surface area contributed by atoms with E-state index < -0.39 is 5.91 Å². The minimum Gasteiger partial charge on any atom is -0.493 e. The lowest BCUT2D eigenvalue weighted by Crippen LogP contribution is -2.15. The van der Waals surface area contributed by atoms with Crippen molar-refractivity contribution in [1.29, 1.82) is 0 Å². The highest BCUT2D eigenvalue weighted by Crippen LogP contribution is 2.37. The van der Waals surface area contributed by atoms with Gasteiger partial charge in [-0.15, -0.1) is 0 Å². The van der Waals surface area contributed by atoms with Gasteiger partial charge in [-0.1, -0.05) is 30.7 Å². The van der Waals surface area contributed by atoms with Crippen molar-refractivity contribution < 1.29 is 14.3 Å². The van der Waals surface area contributed by atoms with Crippen LogP contribution in [0.15, 0.2) is 53.7 Å². The molecule has 2 aromatic heterocycles. The lowest BCUT2D eigenvalue weighted by Gasteiger charge is -2.15. The van der Waals surface area contributed by atoms with E-state index in [2.05, 4.69) is 20.4 Å². The molecule has 0 aliphatic carbocycles. The van der Waals surface area contributed by atoms with Crippen molar-refractivity contribution in [3.63, 3.8) is 0 Å². The van der Waals surface area contributed by atoms with Crippen LogP contribution < -0.4 is 20.3 Å². The van der Waals surface area contributed by atoms with Gasteiger partial charge in [0.2, 0.25) is 0 Å². The largest absolute Gasteiger partial charge is 0.493 e. The zero-order valence-electron chi connectivity index (χ0n) is 17.4. The highest BCUT2D eigenvalue weighted by Gasteiger charge is 2.18. The second-order valence-corrected chi connectivity index (χ2v) is 7.24. The zero-order chi connectivity index (χ0) is 22.7. The number of aromatic nitrogens is 4. The molecule has 164 valence electrons. The molecule has 9 nitrogen and oxygen atoms in total. The number of anilines is 1. The summed E-state index contributed by atoms with van der Waals surface area (Å²) in [6, 6.07) is 10.2. The molecule has 2 heterocycles. The predicted octanol–water partition coefficient (Wildman–Crippen LogP) is 3.81. The fourth-order valence-corrected chi connectivity index (χ4v) is 3.45. The maximum Gasteiger partial charge on any atom is 0.261 e. The van der Waals surface area contributed by atoms with E-state index in [1.165, 1.54) is 30.4 Å². The Kier molecular flexibility index (Phi) is 6.09. The van der Waals surface area contributed by atoms with E-state index in [0.717, 1.165) is 6.42 Å². The summed E-state index contributed by atoms with van der Waals surface area (Å²) >= 11 is 6.35. The van der Waals surface area contributed by atoms with Crippen molar-refractivity contribution in [1.82, 2.24) is 19.7 Å². The molecule has 4 rings (SSSR count). The molecule has 0 aliphatic rings. The topological polar surface area (TPSA) is 111 Å². The van der Waals surface area contributed by atoms with Gasteiger partial charge < -0.3 is 19.8 Å². The van der Waals surface area contributed by atoms with Gasteiger partial charge in [0.25, 0.3) is 11.5 Å². The van der Waals surface area contributed by atoms with E-state index in [0.29, 0.717) is 46.1 Å². The molecule has 0 fully saturated rings. The summed E-state index contributed by atoms with van der Waals surface area (Å²) in [5, 5.41) is 7.76. The fraction of sp³-hybridized carbons (Fsp3) is 0.182. The van der Waals surface area contributed by atoms with E-state index in [1.807, 2.05) is 6.92 Å². The van der Waals surface area contributed by atoms with Gasteiger partial charge in [0.1, 0.15) is 5.39 Å². The minimum absolute atomic E-state index is 0.276.